The lowest BCUT2D eigenvalue weighted by Gasteiger charge is -2.34. The minimum absolute atomic E-state index is 0.439. The van der Waals surface area contributed by atoms with Crippen molar-refractivity contribution in [1.82, 2.24) is 9.80 Å². The van der Waals surface area contributed by atoms with Crippen molar-refractivity contribution in [3.63, 3.8) is 0 Å². The lowest BCUT2D eigenvalue weighted by atomic mass is 10.0. The molecule has 1 aromatic rings. The number of rotatable bonds is 3. The van der Waals surface area contributed by atoms with E-state index in [1.807, 2.05) is 0 Å². The SMILES string of the molecule is Cc1ccc(CN2CCC(N3CCC(N)CC3)C2)c(C)c1. The lowest BCUT2D eigenvalue weighted by Crippen LogP contribution is -2.46. The van der Waals surface area contributed by atoms with Gasteiger partial charge in [0.15, 0.2) is 0 Å². The summed E-state index contributed by atoms with van der Waals surface area (Å²) in [7, 11) is 0. The molecule has 2 saturated heterocycles. The number of piperidine rings is 1. The van der Waals surface area contributed by atoms with Crippen molar-refractivity contribution in [2.75, 3.05) is 26.2 Å². The normalized spacial score (nSPS) is 25.6. The molecule has 1 unspecified atom stereocenters. The summed E-state index contributed by atoms with van der Waals surface area (Å²) < 4.78 is 0. The van der Waals surface area contributed by atoms with Crippen LogP contribution in [0.1, 0.15) is 36.0 Å². The number of likely N-dealkylation sites (tertiary alicyclic amines) is 2. The maximum Gasteiger partial charge on any atom is 0.0237 e. The highest BCUT2D eigenvalue weighted by molar-refractivity contribution is 5.30. The molecule has 2 aliphatic rings. The van der Waals surface area contributed by atoms with Crippen LogP contribution in [0.5, 0.6) is 0 Å². The van der Waals surface area contributed by atoms with E-state index in [9.17, 15) is 0 Å². The molecular weight excluding hydrogens is 258 g/mol. The van der Waals surface area contributed by atoms with Gasteiger partial charge in [-0.1, -0.05) is 23.8 Å². The molecule has 0 radical (unpaired) electrons. The molecule has 1 aromatic carbocycles. The first-order valence-corrected chi connectivity index (χ1v) is 8.40. The second-order valence-corrected chi connectivity index (χ2v) is 6.98. The molecule has 2 fully saturated rings. The van der Waals surface area contributed by atoms with Crippen molar-refractivity contribution in [2.24, 2.45) is 5.73 Å². The number of nitrogens with zero attached hydrogens (tertiary/aromatic N) is 2. The monoisotopic (exact) mass is 287 g/mol. The first-order chi connectivity index (χ1) is 10.1. The largest absolute Gasteiger partial charge is 0.328 e. The van der Waals surface area contributed by atoms with Gasteiger partial charge in [-0.15, -0.1) is 0 Å². The standard InChI is InChI=1S/C18H29N3/c1-14-3-4-16(15(2)11-14)12-20-8-7-18(13-20)21-9-5-17(19)6-10-21/h3-4,11,17-18H,5-10,12-13,19H2,1-2H3. The Bertz CT molecular complexity index is 477. The average Bonchev–Trinajstić information content (AvgIpc) is 2.91. The van der Waals surface area contributed by atoms with Crippen LogP contribution in [0.25, 0.3) is 0 Å². The lowest BCUT2D eigenvalue weighted by molar-refractivity contribution is 0.151. The molecule has 0 aromatic heterocycles. The van der Waals surface area contributed by atoms with Gasteiger partial charge in [0.1, 0.15) is 0 Å². The highest BCUT2D eigenvalue weighted by Gasteiger charge is 2.29. The number of hydrogen-bond donors (Lipinski definition) is 1. The van der Waals surface area contributed by atoms with E-state index in [4.69, 9.17) is 5.73 Å². The van der Waals surface area contributed by atoms with E-state index in [0.717, 1.165) is 12.6 Å². The van der Waals surface area contributed by atoms with Crippen LogP contribution in [-0.2, 0) is 6.54 Å². The van der Waals surface area contributed by atoms with Gasteiger partial charge in [-0.3, -0.25) is 9.80 Å². The second-order valence-electron chi connectivity index (χ2n) is 6.98. The molecular formula is C18H29N3. The maximum absolute atomic E-state index is 6.02. The third-order valence-electron chi connectivity index (χ3n) is 5.23. The van der Waals surface area contributed by atoms with Gasteiger partial charge in [0.2, 0.25) is 0 Å². The Labute approximate surface area is 129 Å². The van der Waals surface area contributed by atoms with Crippen LogP contribution in [0, 0.1) is 13.8 Å². The Balaban J connectivity index is 1.55. The summed E-state index contributed by atoms with van der Waals surface area (Å²) in [6.07, 6.45) is 3.67. The van der Waals surface area contributed by atoms with Crippen LogP contribution in [0.2, 0.25) is 0 Å². The van der Waals surface area contributed by atoms with E-state index in [-0.39, 0.29) is 0 Å². The minimum Gasteiger partial charge on any atom is -0.328 e. The zero-order valence-electron chi connectivity index (χ0n) is 13.5. The molecule has 0 saturated carbocycles. The van der Waals surface area contributed by atoms with Crippen molar-refractivity contribution < 1.29 is 0 Å². The zero-order valence-corrected chi connectivity index (χ0v) is 13.5. The van der Waals surface area contributed by atoms with Crippen molar-refractivity contribution in [2.45, 2.75) is 51.7 Å². The van der Waals surface area contributed by atoms with Gasteiger partial charge in [-0.05, 0) is 57.3 Å². The Kier molecular flexibility index (Phi) is 4.63. The van der Waals surface area contributed by atoms with Crippen molar-refractivity contribution >= 4 is 0 Å². The maximum atomic E-state index is 6.02. The summed E-state index contributed by atoms with van der Waals surface area (Å²) >= 11 is 0. The van der Waals surface area contributed by atoms with E-state index < -0.39 is 0 Å². The molecule has 1 atom stereocenters. The number of aryl methyl sites for hydroxylation is 2. The predicted octanol–water partition coefficient (Wildman–Crippen LogP) is 2.30. The third kappa shape index (κ3) is 3.65. The van der Waals surface area contributed by atoms with Crippen LogP contribution in [0.3, 0.4) is 0 Å². The number of nitrogens with two attached hydrogens (primary N) is 1. The van der Waals surface area contributed by atoms with Crippen molar-refractivity contribution in [3.05, 3.63) is 34.9 Å². The second kappa shape index (κ2) is 6.47. The highest BCUT2D eigenvalue weighted by Crippen LogP contribution is 2.22. The van der Waals surface area contributed by atoms with Gasteiger partial charge in [0.05, 0.1) is 0 Å². The van der Waals surface area contributed by atoms with Crippen LogP contribution in [-0.4, -0.2) is 48.1 Å². The van der Waals surface area contributed by atoms with Gasteiger partial charge in [0.25, 0.3) is 0 Å². The molecule has 116 valence electrons. The molecule has 0 spiro atoms. The zero-order chi connectivity index (χ0) is 14.8. The fourth-order valence-electron chi connectivity index (χ4n) is 3.80. The Morgan fingerprint density at radius 3 is 2.57 bits per heavy atom. The first-order valence-electron chi connectivity index (χ1n) is 8.40. The first kappa shape index (κ1) is 15.0. The summed E-state index contributed by atoms with van der Waals surface area (Å²) in [4.78, 5) is 5.29. The third-order valence-corrected chi connectivity index (χ3v) is 5.23. The minimum atomic E-state index is 0.439. The summed E-state index contributed by atoms with van der Waals surface area (Å²) in [5.41, 5.74) is 10.3. The Morgan fingerprint density at radius 2 is 1.86 bits per heavy atom. The molecule has 3 nitrogen and oxygen atoms in total. The Hall–Kier alpha value is -0.900. The molecule has 0 bridgehead atoms. The smallest absolute Gasteiger partial charge is 0.0237 e. The predicted molar refractivity (Wildman–Crippen MR) is 88.4 cm³/mol. The van der Waals surface area contributed by atoms with Gasteiger partial charge < -0.3 is 5.73 Å². The molecule has 3 heteroatoms. The molecule has 3 rings (SSSR count). The van der Waals surface area contributed by atoms with Crippen molar-refractivity contribution in [1.29, 1.82) is 0 Å². The fraction of sp³-hybridized carbons (Fsp3) is 0.667. The summed E-state index contributed by atoms with van der Waals surface area (Å²) in [6, 6.07) is 8.03. The summed E-state index contributed by atoms with van der Waals surface area (Å²) in [5, 5.41) is 0. The number of hydrogen-bond acceptors (Lipinski definition) is 3. The molecule has 2 heterocycles. The summed E-state index contributed by atoms with van der Waals surface area (Å²) in [6.45, 7) is 10.4. The van der Waals surface area contributed by atoms with E-state index in [1.165, 1.54) is 62.1 Å². The van der Waals surface area contributed by atoms with Crippen LogP contribution in [0.15, 0.2) is 18.2 Å². The van der Waals surface area contributed by atoms with Gasteiger partial charge >= 0.3 is 0 Å². The number of benzene rings is 1. The molecule has 2 N–H and O–H groups in total. The van der Waals surface area contributed by atoms with E-state index in [1.54, 1.807) is 0 Å². The molecule has 0 amide bonds. The Morgan fingerprint density at radius 1 is 1.10 bits per heavy atom. The van der Waals surface area contributed by atoms with Gasteiger partial charge in [0, 0.05) is 31.7 Å². The van der Waals surface area contributed by atoms with Crippen LogP contribution >= 0.6 is 0 Å². The van der Waals surface area contributed by atoms with E-state index in [0.29, 0.717) is 6.04 Å². The van der Waals surface area contributed by atoms with Gasteiger partial charge in [-0.25, -0.2) is 0 Å². The topological polar surface area (TPSA) is 32.5 Å². The van der Waals surface area contributed by atoms with E-state index >= 15 is 0 Å². The molecule has 2 aliphatic heterocycles. The van der Waals surface area contributed by atoms with Crippen LogP contribution in [0.4, 0.5) is 0 Å². The van der Waals surface area contributed by atoms with E-state index in [2.05, 4.69) is 41.8 Å². The molecule has 21 heavy (non-hydrogen) atoms. The van der Waals surface area contributed by atoms with Crippen molar-refractivity contribution in [3.8, 4) is 0 Å². The van der Waals surface area contributed by atoms with Crippen LogP contribution < -0.4 is 5.73 Å². The highest BCUT2D eigenvalue weighted by atomic mass is 15.3. The summed E-state index contributed by atoms with van der Waals surface area (Å²) in [5.74, 6) is 0. The quantitative estimate of drug-likeness (QED) is 0.926. The molecule has 0 aliphatic carbocycles. The fourth-order valence-corrected chi connectivity index (χ4v) is 3.80. The van der Waals surface area contributed by atoms with Gasteiger partial charge in [-0.2, -0.15) is 0 Å². The average molecular weight is 287 g/mol.